The van der Waals surface area contributed by atoms with Gasteiger partial charge in [-0.25, -0.2) is 4.98 Å². The minimum atomic E-state index is -0.109. The van der Waals surface area contributed by atoms with Gasteiger partial charge in [0, 0.05) is 36.2 Å². The summed E-state index contributed by atoms with van der Waals surface area (Å²) in [7, 11) is 0. The smallest absolute Gasteiger partial charge is 0.254 e. The van der Waals surface area contributed by atoms with Gasteiger partial charge in [0.05, 0.1) is 19.5 Å². The predicted molar refractivity (Wildman–Crippen MR) is 93.6 cm³/mol. The fraction of sp³-hybridized carbons (Fsp3) is 0.222. The molecule has 0 N–H and O–H groups in total. The van der Waals surface area contributed by atoms with Crippen LogP contribution < -0.4 is 10.3 Å². The van der Waals surface area contributed by atoms with Gasteiger partial charge in [-0.1, -0.05) is 29.8 Å². The number of halogens is 1. The predicted octanol–water partition coefficient (Wildman–Crippen LogP) is 3.22. The number of ether oxygens (including phenoxy) is 1. The molecule has 6 heteroatoms. The SMILES string of the molecule is O=c1cc(OCCCn2ccnc2)ccn1Cc1ccccc1Cl. The van der Waals surface area contributed by atoms with Gasteiger partial charge in [-0.05, 0) is 24.1 Å². The molecule has 3 rings (SSSR count). The molecule has 0 fully saturated rings. The van der Waals surface area contributed by atoms with Crippen molar-refractivity contribution in [2.24, 2.45) is 0 Å². The zero-order chi connectivity index (χ0) is 16.8. The maximum absolute atomic E-state index is 12.2. The third-order valence-electron chi connectivity index (χ3n) is 3.65. The summed E-state index contributed by atoms with van der Waals surface area (Å²) in [5.41, 5.74) is 0.803. The lowest BCUT2D eigenvalue weighted by molar-refractivity contribution is 0.300. The minimum Gasteiger partial charge on any atom is -0.493 e. The topological polar surface area (TPSA) is 49.1 Å². The van der Waals surface area contributed by atoms with Crippen LogP contribution >= 0.6 is 11.6 Å². The van der Waals surface area contributed by atoms with E-state index >= 15 is 0 Å². The van der Waals surface area contributed by atoms with E-state index in [1.165, 1.54) is 6.07 Å². The summed E-state index contributed by atoms with van der Waals surface area (Å²) in [4.78, 5) is 16.2. The van der Waals surface area contributed by atoms with Gasteiger partial charge in [-0.15, -0.1) is 0 Å². The molecule has 3 aromatic rings. The van der Waals surface area contributed by atoms with Crippen LogP contribution in [0.5, 0.6) is 5.75 Å². The standard InChI is InChI=1S/C18H18ClN3O2/c19-17-5-2-1-4-15(17)13-22-9-6-16(12-18(22)23)24-11-3-8-21-10-7-20-14-21/h1-2,4-7,9-10,12,14H,3,8,11,13H2. The highest BCUT2D eigenvalue weighted by Gasteiger charge is 2.04. The van der Waals surface area contributed by atoms with Crippen LogP contribution in [-0.4, -0.2) is 20.7 Å². The Labute approximate surface area is 145 Å². The van der Waals surface area contributed by atoms with Gasteiger partial charge in [0.2, 0.25) is 0 Å². The molecule has 24 heavy (non-hydrogen) atoms. The summed E-state index contributed by atoms with van der Waals surface area (Å²) in [6, 6.07) is 10.8. The van der Waals surface area contributed by atoms with Crippen molar-refractivity contribution in [3.05, 3.63) is 82.3 Å². The van der Waals surface area contributed by atoms with Crippen LogP contribution in [0.2, 0.25) is 5.02 Å². The van der Waals surface area contributed by atoms with Crippen molar-refractivity contribution in [3.8, 4) is 5.75 Å². The summed E-state index contributed by atoms with van der Waals surface area (Å²) >= 11 is 6.14. The first kappa shape index (κ1) is 16.3. The Balaban J connectivity index is 1.56. The normalized spacial score (nSPS) is 10.7. The highest BCUT2D eigenvalue weighted by atomic mass is 35.5. The summed E-state index contributed by atoms with van der Waals surface area (Å²) in [6.45, 7) is 1.83. The van der Waals surface area contributed by atoms with Gasteiger partial charge in [0.15, 0.2) is 0 Å². The van der Waals surface area contributed by atoms with Crippen LogP contribution in [0.15, 0.2) is 66.1 Å². The minimum absolute atomic E-state index is 0.109. The van der Waals surface area contributed by atoms with E-state index in [-0.39, 0.29) is 5.56 Å². The molecule has 0 atom stereocenters. The van der Waals surface area contributed by atoms with E-state index in [4.69, 9.17) is 16.3 Å². The molecule has 0 saturated carbocycles. The highest BCUT2D eigenvalue weighted by Crippen LogP contribution is 2.16. The second kappa shape index (κ2) is 7.84. The van der Waals surface area contributed by atoms with Crippen molar-refractivity contribution in [1.82, 2.24) is 14.1 Å². The van der Waals surface area contributed by atoms with Crippen molar-refractivity contribution >= 4 is 11.6 Å². The van der Waals surface area contributed by atoms with Gasteiger partial charge in [-0.3, -0.25) is 4.79 Å². The number of aromatic nitrogens is 3. The van der Waals surface area contributed by atoms with E-state index in [9.17, 15) is 4.79 Å². The molecule has 2 aromatic heterocycles. The number of nitrogens with zero attached hydrogens (tertiary/aromatic N) is 3. The van der Waals surface area contributed by atoms with Crippen LogP contribution in [-0.2, 0) is 13.1 Å². The molecular weight excluding hydrogens is 326 g/mol. The molecule has 0 aliphatic heterocycles. The van der Waals surface area contributed by atoms with E-state index in [1.807, 2.05) is 35.0 Å². The first-order valence-corrected chi connectivity index (χ1v) is 8.12. The molecule has 5 nitrogen and oxygen atoms in total. The molecule has 0 radical (unpaired) electrons. The molecule has 124 valence electrons. The third kappa shape index (κ3) is 4.26. The number of benzene rings is 1. The maximum atomic E-state index is 12.2. The monoisotopic (exact) mass is 343 g/mol. The molecule has 0 bridgehead atoms. The first-order chi connectivity index (χ1) is 11.7. The lowest BCUT2D eigenvalue weighted by Crippen LogP contribution is -2.19. The molecule has 0 spiro atoms. The second-order valence-electron chi connectivity index (χ2n) is 5.42. The van der Waals surface area contributed by atoms with Gasteiger partial charge < -0.3 is 13.9 Å². The van der Waals surface area contributed by atoms with Crippen molar-refractivity contribution in [3.63, 3.8) is 0 Å². The third-order valence-corrected chi connectivity index (χ3v) is 4.02. The second-order valence-corrected chi connectivity index (χ2v) is 5.83. The average molecular weight is 344 g/mol. The molecular formula is C18H18ClN3O2. The van der Waals surface area contributed by atoms with Crippen LogP contribution in [0.4, 0.5) is 0 Å². The van der Waals surface area contributed by atoms with Gasteiger partial charge >= 0.3 is 0 Å². The Morgan fingerprint density at radius 1 is 1.17 bits per heavy atom. The molecule has 0 saturated heterocycles. The molecule has 2 heterocycles. The fourth-order valence-corrected chi connectivity index (χ4v) is 2.57. The van der Waals surface area contributed by atoms with E-state index in [0.717, 1.165) is 18.5 Å². The number of hydrogen-bond donors (Lipinski definition) is 0. The van der Waals surface area contributed by atoms with E-state index < -0.39 is 0 Å². The Morgan fingerprint density at radius 2 is 2.04 bits per heavy atom. The van der Waals surface area contributed by atoms with Gasteiger partial charge in [0.1, 0.15) is 5.75 Å². The van der Waals surface area contributed by atoms with E-state index in [2.05, 4.69) is 4.98 Å². The largest absolute Gasteiger partial charge is 0.493 e. The number of aryl methyl sites for hydroxylation is 1. The van der Waals surface area contributed by atoms with Crippen molar-refractivity contribution in [2.75, 3.05) is 6.61 Å². The van der Waals surface area contributed by atoms with Crippen LogP contribution in [0.25, 0.3) is 0 Å². The Kier molecular flexibility index (Phi) is 5.33. The lowest BCUT2D eigenvalue weighted by Gasteiger charge is -2.10. The molecule has 1 aromatic carbocycles. The Bertz CT molecular complexity index is 843. The average Bonchev–Trinajstić information content (AvgIpc) is 3.09. The zero-order valence-corrected chi connectivity index (χ0v) is 13.9. The number of pyridine rings is 1. The highest BCUT2D eigenvalue weighted by molar-refractivity contribution is 6.31. The van der Waals surface area contributed by atoms with Crippen molar-refractivity contribution in [1.29, 1.82) is 0 Å². The van der Waals surface area contributed by atoms with E-state index in [1.54, 1.807) is 29.4 Å². The summed E-state index contributed by atoms with van der Waals surface area (Å²) in [6.07, 6.45) is 8.02. The maximum Gasteiger partial charge on any atom is 0.254 e. The molecule has 0 aliphatic rings. The summed E-state index contributed by atoms with van der Waals surface area (Å²) in [5, 5.41) is 0.657. The summed E-state index contributed by atoms with van der Waals surface area (Å²) in [5.74, 6) is 0.584. The van der Waals surface area contributed by atoms with Gasteiger partial charge in [0.25, 0.3) is 5.56 Å². The zero-order valence-electron chi connectivity index (χ0n) is 13.1. The quantitative estimate of drug-likeness (QED) is 0.619. The molecule has 0 aliphatic carbocycles. The Morgan fingerprint density at radius 3 is 2.79 bits per heavy atom. The van der Waals surface area contributed by atoms with Gasteiger partial charge in [-0.2, -0.15) is 0 Å². The molecule has 0 amide bonds. The van der Waals surface area contributed by atoms with Crippen LogP contribution in [0, 0.1) is 0 Å². The van der Waals surface area contributed by atoms with Crippen molar-refractivity contribution in [2.45, 2.75) is 19.5 Å². The lowest BCUT2D eigenvalue weighted by atomic mass is 10.2. The summed E-state index contributed by atoms with van der Waals surface area (Å²) < 4.78 is 9.24. The number of hydrogen-bond acceptors (Lipinski definition) is 3. The van der Waals surface area contributed by atoms with E-state index in [0.29, 0.717) is 23.9 Å². The number of imidazole rings is 1. The van der Waals surface area contributed by atoms with Crippen molar-refractivity contribution < 1.29 is 4.74 Å². The van der Waals surface area contributed by atoms with Crippen LogP contribution in [0.3, 0.4) is 0 Å². The van der Waals surface area contributed by atoms with Crippen LogP contribution in [0.1, 0.15) is 12.0 Å². The fourth-order valence-electron chi connectivity index (χ4n) is 2.38. The Hall–Kier alpha value is -2.53. The number of rotatable bonds is 7. The molecule has 0 unspecified atom stereocenters. The first-order valence-electron chi connectivity index (χ1n) is 7.75.